The first kappa shape index (κ1) is 28.3. The molecule has 42 heavy (non-hydrogen) atoms. The van der Waals surface area contributed by atoms with Gasteiger partial charge in [0.25, 0.3) is 0 Å². The number of nitrogens with zero attached hydrogens (tertiary/aromatic N) is 1. The summed E-state index contributed by atoms with van der Waals surface area (Å²) in [5.74, 6) is 1.25. The third-order valence-corrected chi connectivity index (χ3v) is 9.16. The second-order valence-electron chi connectivity index (χ2n) is 11.9. The highest BCUT2D eigenvalue weighted by Crippen LogP contribution is 2.36. The molecule has 0 bridgehead atoms. The van der Waals surface area contributed by atoms with Gasteiger partial charge < -0.3 is 29.7 Å². The average Bonchev–Trinajstić information content (AvgIpc) is 3.48. The monoisotopic (exact) mass is 573 g/mol. The molecule has 0 aromatic heterocycles. The lowest BCUT2D eigenvalue weighted by Crippen LogP contribution is -2.58. The first-order chi connectivity index (χ1) is 20.5. The number of hydrogen-bond donors (Lipinski definition) is 2. The van der Waals surface area contributed by atoms with Crippen molar-refractivity contribution in [3.8, 4) is 11.5 Å². The van der Waals surface area contributed by atoms with E-state index in [1.807, 2.05) is 53.4 Å². The van der Waals surface area contributed by atoms with Gasteiger partial charge in [0.05, 0.1) is 11.8 Å². The van der Waals surface area contributed by atoms with Crippen molar-refractivity contribution in [3.05, 3.63) is 71.8 Å². The molecular weight excluding hydrogens is 534 g/mol. The van der Waals surface area contributed by atoms with Crippen LogP contribution >= 0.6 is 0 Å². The Morgan fingerprint density at radius 3 is 2.60 bits per heavy atom. The zero-order chi connectivity index (χ0) is 28.9. The van der Waals surface area contributed by atoms with Gasteiger partial charge in [-0.3, -0.25) is 14.4 Å². The number of piperidine rings is 1. The lowest BCUT2D eigenvalue weighted by atomic mass is 9.75. The van der Waals surface area contributed by atoms with E-state index >= 15 is 0 Å². The van der Waals surface area contributed by atoms with Gasteiger partial charge in [-0.1, -0.05) is 48.6 Å². The molecule has 9 heteroatoms. The Kier molecular flexibility index (Phi) is 8.46. The number of fused-ring (bicyclic) bond motifs is 2. The zero-order valence-electron chi connectivity index (χ0n) is 23.9. The van der Waals surface area contributed by atoms with Crippen LogP contribution in [0.2, 0.25) is 0 Å². The molecule has 4 aliphatic heterocycles. The van der Waals surface area contributed by atoms with Crippen molar-refractivity contribution in [1.29, 1.82) is 0 Å². The summed E-state index contributed by atoms with van der Waals surface area (Å²) < 4.78 is 16.5. The molecule has 9 nitrogen and oxygen atoms in total. The molecule has 0 saturated carbocycles. The van der Waals surface area contributed by atoms with Crippen LogP contribution in [-0.4, -0.2) is 67.8 Å². The second kappa shape index (κ2) is 12.6. The summed E-state index contributed by atoms with van der Waals surface area (Å²) >= 11 is 0. The van der Waals surface area contributed by atoms with E-state index in [0.717, 1.165) is 17.5 Å². The van der Waals surface area contributed by atoms with E-state index < -0.39 is 11.5 Å². The lowest BCUT2D eigenvalue weighted by molar-refractivity contribution is -0.140. The molecule has 0 aliphatic carbocycles. The van der Waals surface area contributed by atoms with Crippen molar-refractivity contribution < 1.29 is 28.6 Å². The van der Waals surface area contributed by atoms with Gasteiger partial charge in [-0.2, -0.15) is 0 Å². The minimum atomic E-state index is -0.686. The number of hydrogen-bond acceptors (Lipinski definition) is 6. The summed E-state index contributed by atoms with van der Waals surface area (Å²) in [6.07, 6.45) is 8.17. The molecule has 2 N–H and O–H groups in total. The average molecular weight is 574 g/mol. The highest BCUT2D eigenvalue weighted by molar-refractivity contribution is 5.90. The first-order valence-electron chi connectivity index (χ1n) is 15.0. The summed E-state index contributed by atoms with van der Waals surface area (Å²) in [6, 6.07) is 14.6. The Morgan fingerprint density at radius 2 is 1.76 bits per heavy atom. The molecule has 0 radical (unpaired) electrons. The maximum Gasteiger partial charge on any atom is 0.243 e. The van der Waals surface area contributed by atoms with Crippen LogP contribution in [-0.2, 0) is 32.0 Å². The zero-order valence-corrected chi connectivity index (χ0v) is 23.9. The van der Waals surface area contributed by atoms with Crippen LogP contribution in [0.5, 0.6) is 11.5 Å². The molecule has 222 valence electrons. The molecule has 2 saturated heterocycles. The van der Waals surface area contributed by atoms with E-state index in [4.69, 9.17) is 14.2 Å². The minimum Gasteiger partial charge on any atom is -0.454 e. The van der Waals surface area contributed by atoms with Gasteiger partial charge in [0, 0.05) is 44.7 Å². The Bertz CT molecular complexity index is 1320. The van der Waals surface area contributed by atoms with Crippen LogP contribution in [0.15, 0.2) is 60.7 Å². The van der Waals surface area contributed by atoms with Crippen molar-refractivity contribution in [2.45, 2.75) is 57.0 Å². The number of allylic oxidation sites excluding steroid dienone is 2. The van der Waals surface area contributed by atoms with E-state index in [2.05, 4.69) is 22.8 Å². The van der Waals surface area contributed by atoms with Crippen LogP contribution in [0.25, 0.3) is 0 Å². The van der Waals surface area contributed by atoms with Crippen molar-refractivity contribution in [2.24, 2.45) is 11.3 Å². The normalized spacial score (nSPS) is 26.3. The fraction of sp³-hybridized carbons (Fsp3) is 0.485. The van der Waals surface area contributed by atoms with Crippen LogP contribution in [0.4, 0.5) is 0 Å². The number of likely N-dealkylation sites (tertiary alicyclic amines) is 1. The molecule has 2 aromatic carbocycles. The number of benzene rings is 2. The Labute approximate surface area is 246 Å². The second-order valence-corrected chi connectivity index (χ2v) is 11.9. The third kappa shape index (κ3) is 6.31. The van der Waals surface area contributed by atoms with Crippen molar-refractivity contribution in [2.75, 3.05) is 33.1 Å². The van der Waals surface area contributed by atoms with Crippen LogP contribution in [0, 0.1) is 11.3 Å². The molecule has 0 unspecified atom stereocenters. The van der Waals surface area contributed by atoms with Gasteiger partial charge in [-0.15, -0.1) is 0 Å². The summed E-state index contributed by atoms with van der Waals surface area (Å²) in [6.45, 7) is 2.39. The molecule has 2 aromatic rings. The SMILES string of the molecule is O=C1N[C@H]2CCN(C(=O)Cc3ccc4c(c3)OCO4)C[C@H]2C/C=C/CC2(CCOCC2)C(=O)N[C@@H]1Cc1ccccc1. The van der Waals surface area contributed by atoms with Crippen molar-refractivity contribution in [3.63, 3.8) is 0 Å². The van der Waals surface area contributed by atoms with Gasteiger partial charge in [0.15, 0.2) is 11.5 Å². The molecule has 1 spiro atoms. The molecule has 4 aliphatic rings. The highest BCUT2D eigenvalue weighted by Gasteiger charge is 2.41. The molecule has 2 fully saturated rings. The molecule has 3 amide bonds. The third-order valence-electron chi connectivity index (χ3n) is 9.16. The van der Waals surface area contributed by atoms with E-state index in [1.165, 1.54) is 0 Å². The minimum absolute atomic E-state index is 0.0594. The van der Waals surface area contributed by atoms with Gasteiger partial charge >= 0.3 is 0 Å². The number of carbonyl (C=O) groups excluding carboxylic acids is 3. The molecule has 6 rings (SSSR count). The summed E-state index contributed by atoms with van der Waals surface area (Å²) in [5, 5.41) is 6.41. The van der Waals surface area contributed by atoms with Gasteiger partial charge in [-0.05, 0) is 55.4 Å². The quantitative estimate of drug-likeness (QED) is 0.545. The number of ether oxygens (including phenoxy) is 3. The maximum absolute atomic E-state index is 13.8. The van der Waals surface area contributed by atoms with Gasteiger partial charge in [-0.25, -0.2) is 0 Å². The first-order valence-corrected chi connectivity index (χ1v) is 15.0. The fourth-order valence-corrected chi connectivity index (χ4v) is 6.54. The van der Waals surface area contributed by atoms with E-state index in [0.29, 0.717) is 69.9 Å². The Morgan fingerprint density at radius 1 is 0.952 bits per heavy atom. The predicted octanol–water partition coefficient (Wildman–Crippen LogP) is 3.17. The van der Waals surface area contributed by atoms with Crippen molar-refractivity contribution >= 4 is 17.7 Å². The van der Waals surface area contributed by atoms with Gasteiger partial charge in [0.1, 0.15) is 6.04 Å². The highest BCUT2D eigenvalue weighted by atomic mass is 16.7. The largest absolute Gasteiger partial charge is 0.454 e. The molecular formula is C33H39N3O6. The number of carbonyl (C=O) groups is 3. The van der Waals surface area contributed by atoms with Crippen molar-refractivity contribution in [1.82, 2.24) is 15.5 Å². The molecule has 3 atom stereocenters. The molecule has 4 heterocycles. The summed E-state index contributed by atoms with van der Waals surface area (Å²) in [4.78, 5) is 42.8. The van der Waals surface area contributed by atoms with E-state index in [9.17, 15) is 14.4 Å². The van der Waals surface area contributed by atoms with E-state index in [1.54, 1.807) is 0 Å². The smallest absolute Gasteiger partial charge is 0.243 e. The maximum atomic E-state index is 13.8. The van der Waals surface area contributed by atoms with Crippen LogP contribution in [0.1, 0.15) is 43.2 Å². The fourth-order valence-electron chi connectivity index (χ4n) is 6.54. The van der Waals surface area contributed by atoms with Crippen LogP contribution < -0.4 is 20.1 Å². The summed E-state index contributed by atoms with van der Waals surface area (Å²) in [7, 11) is 0. The van der Waals surface area contributed by atoms with Crippen LogP contribution in [0.3, 0.4) is 0 Å². The lowest BCUT2D eigenvalue weighted by Gasteiger charge is -2.40. The topological polar surface area (TPSA) is 106 Å². The van der Waals surface area contributed by atoms with E-state index in [-0.39, 0.29) is 42.9 Å². The predicted molar refractivity (Wildman–Crippen MR) is 156 cm³/mol. The van der Waals surface area contributed by atoms with Gasteiger partial charge in [0.2, 0.25) is 24.5 Å². The number of rotatable bonds is 4. The number of amides is 3. The standard InChI is InChI=1S/C33H39N3O6/c37-30(20-24-9-10-28-29(19-24)42-22-41-28)36-15-11-26-25(21-36)8-4-5-12-33(13-16-40-17-14-33)32(39)35-27(31(38)34-26)18-23-6-2-1-3-7-23/h1-7,9-10,19,25-27H,8,11-18,20-22H2,(H,34,38)(H,35,39)/b5-4+/t25-,26+,27-/m1/s1. The Hall–Kier alpha value is -3.85. The summed E-state index contributed by atoms with van der Waals surface area (Å²) in [5.41, 5.74) is 1.29. The number of nitrogens with one attached hydrogen (secondary N) is 2. The Balaban J connectivity index is 1.19.